The molecule has 6 heteroatoms. The summed E-state index contributed by atoms with van der Waals surface area (Å²) in [5.74, 6) is 0.311. The Labute approximate surface area is 80.5 Å². The van der Waals surface area contributed by atoms with Crippen LogP contribution in [0.3, 0.4) is 0 Å². The second-order valence-corrected chi connectivity index (χ2v) is 3.87. The lowest BCUT2D eigenvalue weighted by Gasteiger charge is -2.01. The second kappa shape index (κ2) is 7.30. The number of nitrogens with one attached hydrogen (secondary N) is 2. The molecule has 0 aromatic carbocycles. The number of rotatable bonds is 4. The Morgan fingerprint density at radius 2 is 1.33 bits per heavy atom. The molecule has 0 saturated carbocycles. The monoisotopic (exact) mass is 208 g/mol. The number of carbonyl (C=O) groups excluding carboxylic acids is 2. The van der Waals surface area contributed by atoms with E-state index in [0.717, 1.165) is 11.5 Å². The molecule has 0 atom stereocenters. The normalized spacial score (nSPS) is 9.17. The fraction of sp³-hybridized carbons (Fsp3) is 0.667. The highest BCUT2D eigenvalue weighted by Crippen LogP contribution is 1.93. The topological polar surface area (TPSA) is 58.2 Å². The largest absolute Gasteiger partial charge is 0.320 e. The van der Waals surface area contributed by atoms with Crippen LogP contribution in [0, 0.1) is 0 Å². The molecule has 0 spiro atoms. The molecular formula is C6H12N2O2S2. The first-order valence-electron chi connectivity index (χ1n) is 3.56. The Balaban J connectivity index is 3.55. The van der Waals surface area contributed by atoms with E-state index in [1.807, 2.05) is 13.8 Å². The maximum atomic E-state index is 10.9. The summed E-state index contributed by atoms with van der Waals surface area (Å²) in [6, 6.07) is 0. The van der Waals surface area contributed by atoms with Crippen molar-refractivity contribution in [3.8, 4) is 0 Å². The van der Waals surface area contributed by atoms with Crippen molar-refractivity contribution in [2.75, 3.05) is 11.5 Å². The van der Waals surface area contributed by atoms with Crippen molar-refractivity contribution in [3.05, 3.63) is 0 Å². The van der Waals surface area contributed by atoms with Gasteiger partial charge in [0.25, 0.3) is 0 Å². The first-order chi connectivity index (χ1) is 5.72. The van der Waals surface area contributed by atoms with Crippen LogP contribution in [-0.2, 0) is 9.59 Å². The Hall–Kier alpha value is -0.360. The van der Waals surface area contributed by atoms with E-state index >= 15 is 0 Å². The predicted molar refractivity (Wildman–Crippen MR) is 52.5 cm³/mol. The van der Waals surface area contributed by atoms with Crippen LogP contribution in [0.1, 0.15) is 13.8 Å². The third kappa shape index (κ3) is 5.31. The first-order valence-corrected chi connectivity index (χ1v) is 5.53. The van der Waals surface area contributed by atoms with Crippen LogP contribution in [0.2, 0.25) is 0 Å². The second-order valence-electron chi connectivity index (χ2n) is 1.73. The Kier molecular flexibility index (Phi) is 7.08. The summed E-state index contributed by atoms with van der Waals surface area (Å²) in [4.78, 5) is 21.7. The van der Waals surface area contributed by atoms with E-state index in [1.54, 1.807) is 0 Å². The van der Waals surface area contributed by atoms with Crippen molar-refractivity contribution in [2.45, 2.75) is 13.8 Å². The molecule has 0 aliphatic heterocycles. The number of amides is 2. The van der Waals surface area contributed by atoms with Crippen LogP contribution in [0.25, 0.3) is 0 Å². The van der Waals surface area contributed by atoms with Gasteiger partial charge in [-0.1, -0.05) is 37.7 Å². The van der Waals surface area contributed by atoms with Crippen LogP contribution in [-0.4, -0.2) is 23.3 Å². The number of carbonyl (C=O) groups is 2. The molecule has 0 aromatic rings. The highest BCUT2D eigenvalue weighted by molar-refractivity contribution is 7.98. The average Bonchev–Trinajstić information content (AvgIpc) is 2.10. The van der Waals surface area contributed by atoms with E-state index in [-0.39, 0.29) is 0 Å². The number of hydrogen-bond acceptors (Lipinski definition) is 4. The zero-order valence-corrected chi connectivity index (χ0v) is 8.68. The molecule has 0 aromatic heterocycles. The van der Waals surface area contributed by atoms with E-state index in [2.05, 4.69) is 9.44 Å². The van der Waals surface area contributed by atoms with Crippen molar-refractivity contribution >= 4 is 35.7 Å². The molecule has 0 saturated heterocycles. The molecule has 0 unspecified atom stereocenters. The molecule has 0 aliphatic carbocycles. The van der Waals surface area contributed by atoms with Gasteiger partial charge in [0.2, 0.25) is 0 Å². The zero-order chi connectivity index (χ0) is 9.40. The van der Waals surface area contributed by atoms with Crippen molar-refractivity contribution in [1.29, 1.82) is 0 Å². The summed E-state index contributed by atoms with van der Waals surface area (Å²) in [5.41, 5.74) is 0. The van der Waals surface area contributed by atoms with Crippen molar-refractivity contribution in [1.82, 2.24) is 9.44 Å². The minimum absolute atomic E-state index is 0.595. The van der Waals surface area contributed by atoms with Crippen molar-refractivity contribution in [2.24, 2.45) is 0 Å². The van der Waals surface area contributed by atoms with E-state index < -0.39 is 11.8 Å². The highest BCUT2D eigenvalue weighted by Gasteiger charge is 2.11. The van der Waals surface area contributed by atoms with Crippen LogP contribution in [0.15, 0.2) is 0 Å². The molecule has 2 amide bonds. The van der Waals surface area contributed by atoms with Crippen LogP contribution in [0.4, 0.5) is 0 Å². The molecule has 0 radical (unpaired) electrons. The summed E-state index contributed by atoms with van der Waals surface area (Å²) in [6.07, 6.45) is 0. The summed E-state index contributed by atoms with van der Waals surface area (Å²) in [5, 5.41) is 0. The highest BCUT2D eigenvalue weighted by atomic mass is 32.2. The predicted octanol–water partition coefficient (Wildman–Crippen LogP) is 0.555. The van der Waals surface area contributed by atoms with Gasteiger partial charge in [0.1, 0.15) is 0 Å². The minimum Gasteiger partial charge on any atom is -0.292 e. The van der Waals surface area contributed by atoms with Gasteiger partial charge in [0.15, 0.2) is 0 Å². The third-order valence-corrected chi connectivity index (χ3v) is 2.06. The van der Waals surface area contributed by atoms with Gasteiger partial charge < -0.3 is 0 Å². The van der Waals surface area contributed by atoms with Gasteiger partial charge in [0.05, 0.1) is 0 Å². The molecule has 4 nitrogen and oxygen atoms in total. The SMILES string of the molecule is CCSNC(=O)C(=O)NSCC. The van der Waals surface area contributed by atoms with Gasteiger partial charge in [-0.2, -0.15) is 0 Å². The summed E-state index contributed by atoms with van der Waals surface area (Å²) in [6.45, 7) is 3.79. The van der Waals surface area contributed by atoms with E-state index in [0.29, 0.717) is 0 Å². The summed E-state index contributed by atoms with van der Waals surface area (Å²) in [7, 11) is 0. The fourth-order valence-electron chi connectivity index (χ4n) is 0.368. The molecule has 12 heavy (non-hydrogen) atoms. The lowest BCUT2D eigenvalue weighted by Crippen LogP contribution is -2.33. The molecule has 0 rings (SSSR count). The van der Waals surface area contributed by atoms with Crippen molar-refractivity contribution < 1.29 is 9.59 Å². The van der Waals surface area contributed by atoms with Gasteiger partial charge in [-0.05, 0) is 0 Å². The van der Waals surface area contributed by atoms with E-state index in [4.69, 9.17) is 0 Å². The molecule has 0 fully saturated rings. The molecule has 0 heterocycles. The van der Waals surface area contributed by atoms with Gasteiger partial charge in [0, 0.05) is 11.5 Å². The maximum Gasteiger partial charge on any atom is 0.320 e. The number of hydrogen-bond donors (Lipinski definition) is 2. The van der Waals surface area contributed by atoms with Crippen molar-refractivity contribution in [3.63, 3.8) is 0 Å². The fourth-order valence-corrected chi connectivity index (χ4v) is 1.10. The van der Waals surface area contributed by atoms with Gasteiger partial charge in [-0.3, -0.25) is 19.0 Å². The zero-order valence-electron chi connectivity index (χ0n) is 7.05. The van der Waals surface area contributed by atoms with Crippen LogP contribution in [0.5, 0.6) is 0 Å². The first kappa shape index (κ1) is 11.6. The molecule has 0 aliphatic rings. The van der Waals surface area contributed by atoms with Gasteiger partial charge in [-0.15, -0.1) is 0 Å². The average molecular weight is 208 g/mol. The Bertz CT molecular complexity index is 146. The smallest absolute Gasteiger partial charge is 0.292 e. The molecule has 0 bridgehead atoms. The maximum absolute atomic E-state index is 10.9. The van der Waals surface area contributed by atoms with Gasteiger partial charge >= 0.3 is 11.8 Å². The lowest BCUT2D eigenvalue weighted by molar-refractivity contribution is -0.136. The van der Waals surface area contributed by atoms with E-state index in [1.165, 1.54) is 23.9 Å². The summed E-state index contributed by atoms with van der Waals surface area (Å²) < 4.78 is 4.79. The molecule has 2 N–H and O–H groups in total. The van der Waals surface area contributed by atoms with E-state index in [9.17, 15) is 9.59 Å². The Morgan fingerprint density at radius 3 is 1.58 bits per heavy atom. The third-order valence-electron chi connectivity index (χ3n) is 0.825. The minimum atomic E-state index is -0.595. The molecule has 70 valence electrons. The standard InChI is InChI=1S/C6H12N2O2S2/c1-3-11-7-5(9)6(10)8-12-4-2/h3-4H2,1-2H3,(H,7,9)(H,8,10). The lowest BCUT2D eigenvalue weighted by atomic mass is 10.6. The Morgan fingerprint density at radius 1 is 1.00 bits per heavy atom. The molecular weight excluding hydrogens is 196 g/mol. The summed E-state index contributed by atoms with van der Waals surface area (Å²) >= 11 is 2.42. The van der Waals surface area contributed by atoms with Gasteiger partial charge in [-0.25, -0.2) is 0 Å². The van der Waals surface area contributed by atoms with Crippen LogP contribution >= 0.6 is 23.9 Å². The van der Waals surface area contributed by atoms with Crippen LogP contribution < -0.4 is 9.44 Å². The quantitative estimate of drug-likeness (QED) is 0.523.